The van der Waals surface area contributed by atoms with Crippen LogP contribution >= 0.6 is 0 Å². The Bertz CT molecular complexity index is 763. The lowest BCUT2D eigenvalue weighted by Crippen LogP contribution is -2.27. The molecular weight excluding hydrogens is 304 g/mol. The molecular formula is C15H16N2O4S. The molecule has 0 atom stereocenters. The highest BCUT2D eigenvalue weighted by Gasteiger charge is 2.27. The lowest BCUT2D eigenvalue weighted by Gasteiger charge is -2.16. The minimum absolute atomic E-state index is 0.174. The smallest absolute Gasteiger partial charge is 0.291 e. The van der Waals surface area contributed by atoms with Crippen molar-refractivity contribution in [1.82, 2.24) is 4.31 Å². The summed E-state index contributed by atoms with van der Waals surface area (Å²) >= 11 is 0. The van der Waals surface area contributed by atoms with Gasteiger partial charge in [-0.2, -0.15) is 4.31 Å². The number of hydrogen-bond acceptors (Lipinski definition) is 4. The molecule has 1 N–H and O–H groups in total. The Hall–Kier alpha value is -2.12. The highest BCUT2D eigenvalue weighted by atomic mass is 32.2. The lowest BCUT2D eigenvalue weighted by atomic mass is 10.3. The number of benzene rings is 1. The van der Waals surface area contributed by atoms with Crippen LogP contribution in [0.3, 0.4) is 0 Å². The fraction of sp³-hybridized carbons (Fsp3) is 0.267. The lowest BCUT2D eigenvalue weighted by molar-refractivity contribution is 0.0996. The largest absolute Gasteiger partial charge is 0.459 e. The number of amides is 1. The van der Waals surface area contributed by atoms with Gasteiger partial charge < -0.3 is 9.73 Å². The van der Waals surface area contributed by atoms with Crippen LogP contribution in [0.25, 0.3) is 0 Å². The molecule has 0 spiro atoms. The number of anilines is 1. The van der Waals surface area contributed by atoms with Crippen molar-refractivity contribution < 1.29 is 17.6 Å². The Morgan fingerprint density at radius 1 is 1.14 bits per heavy atom. The van der Waals surface area contributed by atoms with Gasteiger partial charge in [0, 0.05) is 18.8 Å². The summed E-state index contributed by atoms with van der Waals surface area (Å²) in [4.78, 5) is 12.1. The summed E-state index contributed by atoms with van der Waals surface area (Å²) in [5.41, 5.74) is 0.418. The summed E-state index contributed by atoms with van der Waals surface area (Å²) < 4.78 is 31.5. The summed E-state index contributed by atoms with van der Waals surface area (Å²) in [5.74, 6) is -0.242. The number of rotatable bonds is 4. The first-order valence-corrected chi connectivity index (χ1v) is 8.46. The van der Waals surface area contributed by atoms with Crippen molar-refractivity contribution >= 4 is 21.6 Å². The van der Waals surface area contributed by atoms with Crippen LogP contribution in [0.1, 0.15) is 23.4 Å². The van der Waals surface area contributed by atoms with Crippen molar-refractivity contribution in [3.63, 3.8) is 0 Å². The Kier molecular flexibility index (Phi) is 4.00. The van der Waals surface area contributed by atoms with Crippen LogP contribution in [0.4, 0.5) is 5.69 Å². The molecule has 22 heavy (non-hydrogen) atoms. The molecule has 1 saturated heterocycles. The van der Waals surface area contributed by atoms with Gasteiger partial charge in [0.15, 0.2) is 5.76 Å². The number of hydrogen-bond donors (Lipinski definition) is 1. The fourth-order valence-corrected chi connectivity index (χ4v) is 3.98. The second-order valence-corrected chi connectivity index (χ2v) is 7.01. The van der Waals surface area contributed by atoms with E-state index in [1.54, 1.807) is 24.3 Å². The Morgan fingerprint density at radius 3 is 2.59 bits per heavy atom. The van der Waals surface area contributed by atoms with E-state index < -0.39 is 15.9 Å². The molecule has 0 unspecified atom stereocenters. The highest BCUT2D eigenvalue weighted by molar-refractivity contribution is 7.89. The van der Waals surface area contributed by atoms with Crippen molar-refractivity contribution in [2.45, 2.75) is 17.7 Å². The highest BCUT2D eigenvalue weighted by Crippen LogP contribution is 2.23. The SMILES string of the molecule is O=C(Nc1cccc(S(=O)(=O)N2CCCC2)c1)c1ccco1. The molecule has 0 radical (unpaired) electrons. The number of furan rings is 1. The third kappa shape index (κ3) is 2.90. The first-order valence-electron chi connectivity index (χ1n) is 7.02. The number of sulfonamides is 1. The molecule has 116 valence electrons. The first-order chi connectivity index (χ1) is 10.6. The molecule has 1 aliphatic heterocycles. The molecule has 1 aliphatic rings. The quantitative estimate of drug-likeness (QED) is 0.937. The van der Waals surface area contributed by atoms with Gasteiger partial charge in [-0.15, -0.1) is 0 Å². The van der Waals surface area contributed by atoms with Crippen molar-refractivity contribution in [2.75, 3.05) is 18.4 Å². The molecule has 1 aromatic heterocycles. The van der Waals surface area contributed by atoms with Crippen LogP contribution in [0.5, 0.6) is 0 Å². The topological polar surface area (TPSA) is 79.6 Å². The summed E-state index contributed by atoms with van der Waals surface area (Å²) in [7, 11) is -3.49. The maximum Gasteiger partial charge on any atom is 0.291 e. The molecule has 7 heteroatoms. The summed E-state index contributed by atoms with van der Waals surface area (Å²) in [6.07, 6.45) is 3.17. The molecule has 0 aliphatic carbocycles. The zero-order chi connectivity index (χ0) is 15.6. The van der Waals surface area contributed by atoms with E-state index in [4.69, 9.17) is 4.42 Å². The van der Waals surface area contributed by atoms with E-state index in [-0.39, 0.29) is 10.7 Å². The molecule has 1 aromatic carbocycles. The van der Waals surface area contributed by atoms with E-state index in [2.05, 4.69) is 5.32 Å². The molecule has 0 saturated carbocycles. The Balaban J connectivity index is 1.82. The third-order valence-corrected chi connectivity index (χ3v) is 5.43. The van der Waals surface area contributed by atoms with Crippen LogP contribution in [0.2, 0.25) is 0 Å². The average Bonchev–Trinajstić information content (AvgIpc) is 3.21. The Morgan fingerprint density at radius 2 is 1.91 bits per heavy atom. The molecule has 0 bridgehead atoms. The van der Waals surface area contributed by atoms with Crippen LogP contribution < -0.4 is 5.32 Å². The maximum atomic E-state index is 12.5. The summed E-state index contributed by atoms with van der Waals surface area (Å²) in [6.45, 7) is 1.09. The zero-order valence-corrected chi connectivity index (χ0v) is 12.7. The standard InChI is InChI=1S/C15H16N2O4S/c18-15(14-7-4-10-21-14)16-12-5-3-6-13(11-12)22(19,20)17-8-1-2-9-17/h3-7,10-11H,1-2,8-9H2,(H,16,18). The van der Waals surface area contributed by atoms with Crippen molar-refractivity contribution in [3.05, 3.63) is 48.4 Å². The van der Waals surface area contributed by atoms with Gasteiger partial charge in [0.1, 0.15) is 0 Å². The van der Waals surface area contributed by atoms with E-state index in [9.17, 15) is 13.2 Å². The van der Waals surface area contributed by atoms with Gasteiger partial charge in [-0.25, -0.2) is 8.42 Å². The van der Waals surface area contributed by atoms with E-state index in [0.29, 0.717) is 18.8 Å². The van der Waals surface area contributed by atoms with Gasteiger partial charge in [0.2, 0.25) is 10.0 Å². The summed E-state index contributed by atoms with van der Waals surface area (Å²) in [5, 5.41) is 2.63. The predicted molar refractivity (Wildman–Crippen MR) is 81.1 cm³/mol. The monoisotopic (exact) mass is 320 g/mol. The summed E-state index contributed by atoms with van der Waals surface area (Å²) in [6, 6.07) is 9.42. The fourth-order valence-electron chi connectivity index (χ4n) is 2.41. The minimum atomic E-state index is -3.49. The zero-order valence-electron chi connectivity index (χ0n) is 11.9. The van der Waals surface area contributed by atoms with Crippen LogP contribution in [0, 0.1) is 0 Å². The molecule has 6 nitrogen and oxygen atoms in total. The van der Waals surface area contributed by atoms with E-state index >= 15 is 0 Å². The first kappa shape index (κ1) is 14.8. The second kappa shape index (κ2) is 5.94. The predicted octanol–water partition coefficient (Wildman–Crippen LogP) is 2.32. The van der Waals surface area contributed by atoms with Crippen molar-refractivity contribution in [1.29, 1.82) is 0 Å². The molecule has 3 rings (SSSR count). The van der Waals surface area contributed by atoms with Gasteiger partial charge in [0.05, 0.1) is 11.2 Å². The van der Waals surface area contributed by atoms with Crippen molar-refractivity contribution in [3.8, 4) is 0 Å². The van der Waals surface area contributed by atoms with Crippen LogP contribution in [-0.4, -0.2) is 31.7 Å². The van der Waals surface area contributed by atoms with E-state index in [1.165, 1.54) is 22.7 Å². The number of carbonyl (C=O) groups excluding carboxylic acids is 1. The van der Waals surface area contributed by atoms with E-state index in [1.807, 2.05) is 0 Å². The van der Waals surface area contributed by atoms with Gasteiger partial charge >= 0.3 is 0 Å². The van der Waals surface area contributed by atoms with Crippen LogP contribution in [0.15, 0.2) is 52.0 Å². The molecule has 1 fully saturated rings. The van der Waals surface area contributed by atoms with Gasteiger partial charge in [-0.1, -0.05) is 6.07 Å². The molecule has 2 aromatic rings. The van der Waals surface area contributed by atoms with Gasteiger partial charge in [-0.3, -0.25) is 4.79 Å². The van der Waals surface area contributed by atoms with Crippen LogP contribution in [-0.2, 0) is 10.0 Å². The number of carbonyl (C=O) groups is 1. The normalized spacial score (nSPS) is 15.8. The number of nitrogens with one attached hydrogen (secondary N) is 1. The number of nitrogens with zero attached hydrogens (tertiary/aromatic N) is 1. The molecule has 1 amide bonds. The Labute approximate surface area is 128 Å². The van der Waals surface area contributed by atoms with E-state index in [0.717, 1.165) is 12.8 Å². The average molecular weight is 320 g/mol. The minimum Gasteiger partial charge on any atom is -0.459 e. The van der Waals surface area contributed by atoms with Gasteiger partial charge in [-0.05, 0) is 43.2 Å². The van der Waals surface area contributed by atoms with Gasteiger partial charge in [0.25, 0.3) is 5.91 Å². The second-order valence-electron chi connectivity index (χ2n) is 5.07. The molecule has 2 heterocycles. The van der Waals surface area contributed by atoms with Crippen molar-refractivity contribution in [2.24, 2.45) is 0 Å². The third-order valence-electron chi connectivity index (χ3n) is 3.54. The maximum absolute atomic E-state index is 12.5.